The Morgan fingerprint density at radius 1 is 1.07 bits per heavy atom. The molecule has 0 bridgehead atoms. The Balaban J connectivity index is 2.09. The highest BCUT2D eigenvalue weighted by Gasteiger charge is 2.26. The fraction of sp³-hybridized carbons (Fsp3) is 0.211. The van der Waals surface area contributed by atoms with E-state index in [9.17, 15) is 8.42 Å². The molecule has 7 nitrogen and oxygen atoms in total. The number of aromatic nitrogens is 2. The SMILES string of the molecule is COc1cc(OC)cc(C(NS(=O)(=O)c2ccc(Cl)cc2)c2nccn2C)c1. The zero-order valence-corrected chi connectivity index (χ0v) is 17.2. The van der Waals surface area contributed by atoms with Crippen LogP contribution in [0.1, 0.15) is 17.4 Å². The standard InChI is InChI=1S/C19H20ClN3O4S/c1-23-9-8-21-19(23)18(13-10-15(26-2)12-16(11-13)27-3)22-28(24,25)17-6-4-14(20)5-7-17/h4-12,18,22H,1-3H3. The van der Waals surface area contributed by atoms with E-state index in [0.717, 1.165) is 0 Å². The predicted octanol–water partition coefficient (Wildman–Crippen LogP) is 3.16. The summed E-state index contributed by atoms with van der Waals surface area (Å²) in [6.07, 6.45) is 3.35. The van der Waals surface area contributed by atoms with E-state index >= 15 is 0 Å². The van der Waals surface area contributed by atoms with Crippen LogP contribution in [-0.2, 0) is 17.1 Å². The molecule has 28 heavy (non-hydrogen) atoms. The lowest BCUT2D eigenvalue weighted by atomic mass is 10.1. The molecule has 0 spiro atoms. The van der Waals surface area contributed by atoms with Gasteiger partial charge in [-0.25, -0.2) is 13.4 Å². The predicted molar refractivity (Wildman–Crippen MR) is 106 cm³/mol. The van der Waals surface area contributed by atoms with Crippen molar-refractivity contribution < 1.29 is 17.9 Å². The number of imidazole rings is 1. The summed E-state index contributed by atoms with van der Waals surface area (Å²) in [7, 11) is 1.01. The monoisotopic (exact) mass is 421 g/mol. The zero-order chi connectivity index (χ0) is 20.3. The lowest BCUT2D eigenvalue weighted by molar-refractivity contribution is 0.392. The average Bonchev–Trinajstić information content (AvgIpc) is 3.11. The van der Waals surface area contributed by atoms with Crippen molar-refractivity contribution in [2.75, 3.05) is 14.2 Å². The van der Waals surface area contributed by atoms with E-state index in [-0.39, 0.29) is 4.90 Å². The second kappa shape index (κ2) is 8.22. The molecule has 0 saturated heterocycles. The van der Waals surface area contributed by atoms with Gasteiger partial charge in [-0.15, -0.1) is 0 Å². The molecule has 1 unspecified atom stereocenters. The molecule has 0 aliphatic rings. The Morgan fingerprint density at radius 2 is 1.68 bits per heavy atom. The molecule has 0 amide bonds. The molecule has 0 aliphatic carbocycles. The first-order chi connectivity index (χ1) is 13.3. The molecule has 3 aromatic rings. The lowest BCUT2D eigenvalue weighted by Crippen LogP contribution is -2.31. The Labute approximate surface area is 168 Å². The number of sulfonamides is 1. The van der Waals surface area contributed by atoms with E-state index in [1.165, 1.54) is 38.5 Å². The van der Waals surface area contributed by atoms with Crippen molar-refractivity contribution in [2.45, 2.75) is 10.9 Å². The molecule has 3 rings (SSSR count). The fourth-order valence-corrected chi connectivity index (χ4v) is 4.07. The smallest absolute Gasteiger partial charge is 0.241 e. The number of halogens is 1. The van der Waals surface area contributed by atoms with Crippen LogP contribution in [0.15, 0.2) is 59.8 Å². The fourth-order valence-electron chi connectivity index (χ4n) is 2.76. The van der Waals surface area contributed by atoms with Gasteiger partial charge in [-0.2, -0.15) is 4.72 Å². The van der Waals surface area contributed by atoms with E-state index < -0.39 is 16.1 Å². The van der Waals surface area contributed by atoms with Crippen LogP contribution in [0, 0.1) is 0 Å². The molecule has 9 heteroatoms. The summed E-state index contributed by atoms with van der Waals surface area (Å²) >= 11 is 5.88. The minimum absolute atomic E-state index is 0.103. The molecule has 0 radical (unpaired) electrons. The molecule has 2 aromatic carbocycles. The van der Waals surface area contributed by atoms with Crippen molar-refractivity contribution in [2.24, 2.45) is 7.05 Å². The van der Waals surface area contributed by atoms with Gasteiger partial charge in [-0.1, -0.05) is 11.6 Å². The molecular weight excluding hydrogens is 402 g/mol. The Hall–Kier alpha value is -2.55. The van der Waals surface area contributed by atoms with E-state index in [0.29, 0.717) is 27.9 Å². The van der Waals surface area contributed by atoms with Gasteiger partial charge < -0.3 is 14.0 Å². The second-order valence-corrected chi connectivity index (χ2v) is 8.20. The second-order valence-electron chi connectivity index (χ2n) is 6.05. The number of hydrogen-bond donors (Lipinski definition) is 1. The maximum absolute atomic E-state index is 13.0. The first-order valence-corrected chi connectivity index (χ1v) is 10.2. The normalized spacial score (nSPS) is 12.6. The number of hydrogen-bond acceptors (Lipinski definition) is 5. The van der Waals surface area contributed by atoms with Crippen molar-refractivity contribution in [3.8, 4) is 11.5 Å². The molecule has 1 atom stereocenters. The maximum atomic E-state index is 13.0. The summed E-state index contributed by atoms with van der Waals surface area (Å²) in [6, 6.07) is 10.4. The van der Waals surface area contributed by atoms with E-state index in [4.69, 9.17) is 21.1 Å². The first kappa shape index (κ1) is 20.2. The Morgan fingerprint density at radius 3 is 2.18 bits per heavy atom. The van der Waals surface area contributed by atoms with Crippen molar-refractivity contribution in [1.29, 1.82) is 0 Å². The van der Waals surface area contributed by atoms with Crippen LogP contribution in [0.5, 0.6) is 11.5 Å². The van der Waals surface area contributed by atoms with Crippen LogP contribution in [0.25, 0.3) is 0 Å². The topological polar surface area (TPSA) is 82.4 Å². The lowest BCUT2D eigenvalue weighted by Gasteiger charge is -2.20. The highest BCUT2D eigenvalue weighted by atomic mass is 35.5. The Bertz CT molecular complexity index is 1040. The van der Waals surface area contributed by atoms with Crippen LogP contribution in [0.3, 0.4) is 0 Å². The van der Waals surface area contributed by atoms with Crippen molar-refractivity contribution in [1.82, 2.24) is 14.3 Å². The van der Waals surface area contributed by atoms with Crippen LogP contribution in [-0.4, -0.2) is 32.2 Å². The van der Waals surface area contributed by atoms with Gasteiger partial charge in [0.25, 0.3) is 0 Å². The number of aryl methyl sites for hydroxylation is 1. The molecular formula is C19H20ClN3O4S. The summed E-state index contributed by atoms with van der Waals surface area (Å²) < 4.78 is 41.1. The van der Waals surface area contributed by atoms with Crippen molar-refractivity contribution >= 4 is 21.6 Å². The third kappa shape index (κ3) is 4.30. The number of benzene rings is 2. The molecule has 1 N–H and O–H groups in total. The van der Waals surface area contributed by atoms with Crippen molar-refractivity contribution in [3.05, 3.63) is 71.3 Å². The number of rotatable bonds is 7. The largest absolute Gasteiger partial charge is 0.497 e. The first-order valence-electron chi connectivity index (χ1n) is 8.32. The summed E-state index contributed by atoms with van der Waals surface area (Å²) in [4.78, 5) is 4.43. The number of ether oxygens (including phenoxy) is 2. The van der Waals surface area contributed by atoms with Crippen LogP contribution < -0.4 is 14.2 Å². The van der Waals surface area contributed by atoms with Gasteiger partial charge >= 0.3 is 0 Å². The molecule has 148 valence electrons. The number of methoxy groups -OCH3 is 2. The molecule has 0 fully saturated rings. The van der Waals surface area contributed by atoms with Gasteiger partial charge in [-0.3, -0.25) is 0 Å². The van der Waals surface area contributed by atoms with Gasteiger partial charge in [0.2, 0.25) is 10.0 Å². The molecule has 1 heterocycles. The Kier molecular flexibility index (Phi) is 5.93. The van der Waals surface area contributed by atoms with Crippen molar-refractivity contribution in [3.63, 3.8) is 0 Å². The van der Waals surface area contributed by atoms with Crippen LogP contribution >= 0.6 is 11.6 Å². The van der Waals surface area contributed by atoms with E-state index in [2.05, 4.69) is 9.71 Å². The minimum Gasteiger partial charge on any atom is -0.497 e. The van der Waals surface area contributed by atoms with Crippen LogP contribution in [0.2, 0.25) is 5.02 Å². The van der Waals surface area contributed by atoms with Crippen LogP contribution in [0.4, 0.5) is 0 Å². The summed E-state index contributed by atoms with van der Waals surface area (Å²) in [5, 5.41) is 0.456. The average molecular weight is 422 g/mol. The van der Waals surface area contributed by atoms with E-state index in [1.807, 2.05) is 0 Å². The summed E-state index contributed by atoms with van der Waals surface area (Å²) in [6.45, 7) is 0. The van der Waals surface area contributed by atoms with Gasteiger partial charge in [0.05, 0.1) is 19.1 Å². The quantitative estimate of drug-likeness (QED) is 0.633. The zero-order valence-electron chi connectivity index (χ0n) is 15.6. The number of nitrogens with one attached hydrogen (secondary N) is 1. The summed E-state index contributed by atoms with van der Waals surface area (Å²) in [5.74, 6) is 1.60. The third-order valence-electron chi connectivity index (χ3n) is 4.22. The number of nitrogens with zero attached hydrogens (tertiary/aromatic N) is 2. The van der Waals surface area contributed by atoms with Gasteiger partial charge in [0.1, 0.15) is 23.4 Å². The van der Waals surface area contributed by atoms with Gasteiger partial charge in [0, 0.05) is 30.5 Å². The molecule has 1 aromatic heterocycles. The molecule has 0 aliphatic heterocycles. The van der Waals surface area contributed by atoms with E-state index in [1.54, 1.807) is 42.2 Å². The summed E-state index contributed by atoms with van der Waals surface area (Å²) in [5.41, 5.74) is 0.628. The van der Waals surface area contributed by atoms with Gasteiger partial charge in [0.15, 0.2) is 0 Å². The molecule has 0 saturated carbocycles. The minimum atomic E-state index is -3.85. The van der Waals surface area contributed by atoms with Gasteiger partial charge in [-0.05, 0) is 42.0 Å². The maximum Gasteiger partial charge on any atom is 0.241 e. The third-order valence-corrected chi connectivity index (χ3v) is 5.91. The highest BCUT2D eigenvalue weighted by molar-refractivity contribution is 7.89. The highest BCUT2D eigenvalue weighted by Crippen LogP contribution is 2.30.